The number of likely N-dealkylation sites (tertiary alicyclic amines) is 1. The molecule has 0 saturated carbocycles. The average molecular weight is 448 g/mol. The van der Waals surface area contributed by atoms with Gasteiger partial charge in [-0.3, -0.25) is 9.80 Å². The van der Waals surface area contributed by atoms with Crippen LogP contribution >= 0.6 is 23.2 Å². The molecule has 0 bridgehead atoms. The highest BCUT2D eigenvalue weighted by Crippen LogP contribution is 2.28. The summed E-state index contributed by atoms with van der Waals surface area (Å²) in [6, 6.07) is 9.45. The van der Waals surface area contributed by atoms with Crippen molar-refractivity contribution in [3.05, 3.63) is 51.9 Å². The lowest BCUT2D eigenvalue weighted by molar-refractivity contribution is 0.0610. The molecule has 3 heterocycles. The summed E-state index contributed by atoms with van der Waals surface area (Å²) in [4.78, 5) is 16.6. The maximum Gasteiger partial charge on any atom is 0.171 e. The van der Waals surface area contributed by atoms with Crippen LogP contribution in [0.25, 0.3) is 0 Å². The van der Waals surface area contributed by atoms with Crippen molar-refractivity contribution in [3.8, 4) is 0 Å². The van der Waals surface area contributed by atoms with Crippen molar-refractivity contribution in [1.82, 2.24) is 19.8 Å². The minimum Gasteiger partial charge on any atom is -0.351 e. The summed E-state index contributed by atoms with van der Waals surface area (Å²) >= 11 is 12.4. The second-order valence-electron chi connectivity index (χ2n) is 8.51. The van der Waals surface area contributed by atoms with E-state index in [1.165, 1.54) is 18.4 Å². The van der Waals surface area contributed by atoms with Crippen molar-refractivity contribution < 1.29 is 0 Å². The number of aryl methyl sites for hydroxylation is 1. The molecule has 2 aliphatic rings. The quantitative estimate of drug-likeness (QED) is 0.665. The summed E-state index contributed by atoms with van der Waals surface area (Å²) in [6.45, 7) is 10.5. The Labute approximate surface area is 190 Å². The van der Waals surface area contributed by atoms with Crippen LogP contribution < -0.4 is 4.90 Å². The lowest BCUT2D eigenvalue weighted by Gasteiger charge is -2.47. The second kappa shape index (κ2) is 9.82. The molecular weight excluding hydrogens is 417 g/mol. The predicted molar refractivity (Wildman–Crippen MR) is 125 cm³/mol. The average Bonchev–Trinajstić information content (AvgIpc) is 2.75. The predicted octanol–water partition coefficient (Wildman–Crippen LogP) is 4.66. The molecule has 0 amide bonds. The van der Waals surface area contributed by atoms with E-state index >= 15 is 0 Å². The van der Waals surface area contributed by atoms with E-state index in [2.05, 4.69) is 43.7 Å². The molecule has 4 rings (SSSR count). The van der Waals surface area contributed by atoms with Crippen LogP contribution in [0.3, 0.4) is 0 Å². The zero-order valence-corrected chi connectivity index (χ0v) is 19.4. The standard InChI is InChI=1S/C23H31Cl2N5/c1-3-20-16-29(23-22(25)27-17(2)14-26-23)12-13-30(20)21-8-10-28(11-9-21)15-18-4-6-19(24)7-5-18/h4-7,14,20-21H,3,8-13,15-16H2,1-2H3. The number of anilines is 1. The number of nitrogens with zero attached hydrogens (tertiary/aromatic N) is 5. The Morgan fingerprint density at radius 2 is 1.77 bits per heavy atom. The number of hydrogen-bond acceptors (Lipinski definition) is 5. The monoisotopic (exact) mass is 447 g/mol. The molecule has 1 aromatic heterocycles. The molecule has 2 saturated heterocycles. The van der Waals surface area contributed by atoms with Gasteiger partial charge in [0.15, 0.2) is 11.0 Å². The van der Waals surface area contributed by atoms with E-state index in [0.29, 0.717) is 17.2 Å². The van der Waals surface area contributed by atoms with Crippen LogP contribution in [0.2, 0.25) is 10.2 Å². The van der Waals surface area contributed by atoms with Gasteiger partial charge >= 0.3 is 0 Å². The van der Waals surface area contributed by atoms with E-state index in [0.717, 1.165) is 62.2 Å². The second-order valence-corrected chi connectivity index (χ2v) is 9.30. The highest BCUT2D eigenvalue weighted by atomic mass is 35.5. The van der Waals surface area contributed by atoms with Gasteiger partial charge in [-0.05, 0) is 57.0 Å². The van der Waals surface area contributed by atoms with E-state index in [1.54, 1.807) is 0 Å². The normalized spacial score (nSPS) is 21.9. The molecule has 1 atom stereocenters. The Kier molecular flexibility index (Phi) is 7.14. The molecule has 5 nitrogen and oxygen atoms in total. The molecule has 162 valence electrons. The van der Waals surface area contributed by atoms with Crippen LogP contribution in [0.15, 0.2) is 30.5 Å². The first-order valence-corrected chi connectivity index (χ1v) is 11.8. The van der Waals surface area contributed by atoms with Gasteiger partial charge in [0.1, 0.15) is 0 Å². The summed E-state index contributed by atoms with van der Waals surface area (Å²) in [7, 11) is 0. The van der Waals surface area contributed by atoms with E-state index in [-0.39, 0.29) is 0 Å². The first-order valence-electron chi connectivity index (χ1n) is 11.0. The van der Waals surface area contributed by atoms with E-state index in [4.69, 9.17) is 23.2 Å². The third-order valence-corrected chi connectivity index (χ3v) is 6.98. The third-order valence-electron chi connectivity index (χ3n) is 6.48. The van der Waals surface area contributed by atoms with Crippen molar-refractivity contribution >= 4 is 29.0 Å². The lowest BCUT2D eigenvalue weighted by Crippen LogP contribution is -2.58. The van der Waals surface area contributed by atoms with Gasteiger partial charge in [-0.1, -0.05) is 42.3 Å². The Bertz CT molecular complexity index is 836. The van der Waals surface area contributed by atoms with Gasteiger partial charge in [0.05, 0.1) is 11.9 Å². The highest BCUT2D eigenvalue weighted by Gasteiger charge is 2.34. The SMILES string of the molecule is CCC1CN(c2ncc(C)nc2Cl)CCN1C1CCN(Cc2ccc(Cl)cc2)CC1. The van der Waals surface area contributed by atoms with E-state index < -0.39 is 0 Å². The molecular formula is C23H31Cl2N5. The first kappa shape index (κ1) is 21.8. The van der Waals surface area contributed by atoms with Crippen molar-refractivity contribution in [2.45, 2.75) is 51.7 Å². The molecule has 0 N–H and O–H groups in total. The number of hydrogen-bond donors (Lipinski definition) is 0. The maximum atomic E-state index is 6.39. The van der Waals surface area contributed by atoms with Gasteiger partial charge in [-0.2, -0.15) is 0 Å². The molecule has 2 fully saturated rings. The zero-order chi connectivity index (χ0) is 21.1. The summed E-state index contributed by atoms with van der Waals surface area (Å²) in [5, 5.41) is 1.33. The molecule has 30 heavy (non-hydrogen) atoms. The number of aromatic nitrogens is 2. The van der Waals surface area contributed by atoms with Crippen molar-refractivity contribution in [2.24, 2.45) is 0 Å². The summed E-state index contributed by atoms with van der Waals surface area (Å²) < 4.78 is 0. The number of benzene rings is 1. The Balaban J connectivity index is 1.33. The Morgan fingerprint density at radius 3 is 2.43 bits per heavy atom. The number of rotatable bonds is 5. The summed E-state index contributed by atoms with van der Waals surface area (Å²) in [5.41, 5.74) is 2.20. The number of halogens is 2. The van der Waals surface area contributed by atoms with Crippen LogP contribution in [0.1, 0.15) is 37.4 Å². The topological polar surface area (TPSA) is 35.5 Å². The van der Waals surface area contributed by atoms with Crippen LogP contribution in [0, 0.1) is 6.92 Å². The van der Waals surface area contributed by atoms with E-state index in [9.17, 15) is 0 Å². The third kappa shape index (κ3) is 5.08. The zero-order valence-electron chi connectivity index (χ0n) is 17.9. The minimum atomic E-state index is 0.522. The van der Waals surface area contributed by atoms with Gasteiger partial charge < -0.3 is 4.90 Å². The highest BCUT2D eigenvalue weighted by molar-refractivity contribution is 6.31. The molecule has 7 heteroatoms. The van der Waals surface area contributed by atoms with Gasteiger partial charge in [0.2, 0.25) is 0 Å². The molecule has 2 aromatic rings. The van der Waals surface area contributed by atoms with E-state index in [1.807, 2.05) is 25.3 Å². The van der Waals surface area contributed by atoms with Crippen molar-refractivity contribution in [3.63, 3.8) is 0 Å². The maximum absolute atomic E-state index is 6.39. The first-order chi connectivity index (χ1) is 14.5. The molecule has 0 aliphatic carbocycles. The van der Waals surface area contributed by atoms with Crippen molar-refractivity contribution in [2.75, 3.05) is 37.6 Å². The lowest BCUT2D eigenvalue weighted by atomic mass is 9.98. The van der Waals surface area contributed by atoms with Crippen LogP contribution in [-0.4, -0.2) is 64.6 Å². The molecule has 2 aliphatic heterocycles. The fourth-order valence-corrected chi connectivity index (χ4v) is 5.24. The number of piperazine rings is 1. The molecule has 0 radical (unpaired) electrons. The minimum absolute atomic E-state index is 0.522. The van der Waals surface area contributed by atoms with Gasteiger partial charge in [-0.25, -0.2) is 9.97 Å². The number of piperidine rings is 1. The molecule has 0 spiro atoms. The Hall–Kier alpha value is -1.40. The fourth-order valence-electron chi connectivity index (χ4n) is 4.82. The van der Waals surface area contributed by atoms with Gasteiger partial charge in [0, 0.05) is 43.3 Å². The molecule has 1 unspecified atom stereocenters. The largest absolute Gasteiger partial charge is 0.351 e. The fraction of sp³-hybridized carbons (Fsp3) is 0.565. The molecule has 1 aromatic carbocycles. The van der Waals surface area contributed by atoms with Gasteiger partial charge in [0.25, 0.3) is 0 Å². The Morgan fingerprint density at radius 1 is 1.03 bits per heavy atom. The van der Waals surface area contributed by atoms with Crippen LogP contribution in [0.4, 0.5) is 5.82 Å². The summed E-state index contributed by atoms with van der Waals surface area (Å²) in [5.74, 6) is 0.832. The summed E-state index contributed by atoms with van der Waals surface area (Å²) in [6.07, 6.45) is 5.41. The van der Waals surface area contributed by atoms with Crippen LogP contribution in [0.5, 0.6) is 0 Å². The smallest absolute Gasteiger partial charge is 0.171 e. The van der Waals surface area contributed by atoms with Gasteiger partial charge in [-0.15, -0.1) is 0 Å². The van der Waals surface area contributed by atoms with Crippen LogP contribution in [-0.2, 0) is 6.54 Å². The van der Waals surface area contributed by atoms with Crippen molar-refractivity contribution in [1.29, 1.82) is 0 Å².